The average molecular weight is 547 g/mol. The molecule has 1 amide bonds. The molecule has 3 aromatic rings. The molecule has 9 nitrogen and oxygen atoms in total. The van der Waals surface area contributed by atoms with Gasteiger partial charge < -0.3 is 25.0 Å². The Hall–Kier alpha value is -3.54. The highest BCUT2D eigenvalue weighted by molar-refractivity contribution is 6.30. The molecule has 1 saturated heterocycles. The van der Waals surface area contributed by atoms with Gasteiger partial charge in [-0.1, -0.05) is 11.6 Å². The van der Waals surface area contributed by atoms with Crippen LogP contribution in [0.15, 0.2) is 48.7 Å². The number of piperazine rings is 1. The maximum absolute atomic E-state index is 14.6. The summed E-state index contributed by atoms with van der Waals surface area (Å²) in [5.41, 5.74) is 0.446. The first-order chi connectivity index (χ1) is 18.3. The number of nitrogens with zero attached hydrogens (tertiary/aromatic N) is 5. The highest BCUT2D eigenvalue weighted by atomic mass is 35.5. The SMILES string of the molecule is CN1CCN(CCCOc2ccc(Nc3nccc(N(Cc4cc(Cl)ccc4F)C(=O)O)n3)cc2F)CC1. The van der Waals surface area contributed by atoms with Crippen LogP contribution in [0.3, 0.4) is 0 Å². The minimum absolute atomic E-state index is 0.00940. The first-order valence-corrected chi connectivity index (χ1v) is 12.5. The number of rotatable bonds is 10. The molecule has 1 aliphatic rings. The summed E-state index contributed by atoms with van der Waals surface area (Å²) in [6.45, 7) is 5.14. The third kappa shape index (κ3) is 7.50. The molecule has 1 aromatic heterocycles. The highest BCUT2D eigenvalue weighted by Crippen LogP contribution is 2.25. The van der Waals surface area contributed by atoms with Gasteiger partial charge in [-0.2, -0.15) is 4.98 Å². The summed E-state index contributed by atoms with van der Waals surface area (Å²) >= 11 is 5.93. The normalized spacial score (nSPS) is 14.3. The van der Waals surface area contributed by atoms with Crippen molar-refractivity contribution in [2.45, 2.75) is 13.0 Å². The largest absolute Gasteiger partial charge is 0.490 e. The fourth-order valence-electron chi connectivity index (χ4n) is 4.01. The van der Waals surface area contributed by atoms with Crippen molar-refractivity contribution in [3.05, 3.63) is 70.9 Å². The van der Waals surface area contributed by atoms with Crippen LogP contribution >= 0.6 is 11.6 Å². The summed E-state index contributed by atoms with van der Waals surface area (Å²) in [6, 6.07) is 9.66. The number of benzene rings is 2. The van der Waals surface area contributed by atoms with Gasteiger partial charge >= 0.3 is 6.09 Å². The maximum atomic E-state index is 14.6. The van der Waals surface area contributed by atoms with Gasteiger partial charge in [0.05, 0.1) is 13.2 Å². The van der Waals surface area contributed by atoms with Gasteiger partial charge in [0.25, 0.3) is 0 Å². The topological polar surface area (TPSA) is 94.1 Å². The summed E-state index contributed by atoms with van der Waals surface area (Å²) in [7, 11) is 2.11. The van der Waals surface area contributed by atoms with E-state index in [1.54, 1.807) is 6.07 Å². The molecule has 0 radical (unpaired) electrons. The number of carboxylic acid groups (broad SMARTS) is 1. The molecule has 1 fully saturated rings. The molecule has 1 aliphatic heterocycles. The summed E-state index contributed by atoms with van der Waals surface area (Å²) in [5, 5.41) is 12.8. The Morgan fingerprint density at radius 1 is 1.13 bits per heavy atom. The third-order valence-electron chi connectivity index (χ3n) is 6.14. The van der Waals surface area contributed by atoms with Crippen LogP contribution in [-0.4, -0.2) is 77.3 Å². The Bertz CT molecular complexity index is 1260. The van der Waals surface area contributed by atoms with Crippen molar-refractivity contribution in [1.29, 1.82) is 0 Å². The van der Waals surface area contributed by atoms with Crippen LogP contribution in [0.5, 0.6) is 5.75 Å². The van der Waals surface area contributed by atoms with Crippen molar-refractivity contribution in [2.75, 3.05) is 56.6 Å². The summed E-state index contributed by atoms with van der Waals surface area (Å²) in [5.74, 6) is -0.945. The van der Waals surface area contributed by atoms with Crippen molar-refractivity contribution in [1.82, 2.24) is 19.8 Å². The van der Waals surface area contributed by atoms with E-state index in [4.69, 9.17) is 16.3 Å². The lowest BCUT2D eigenvalue weighted by atomic mass is 10.2. The zero-order chi connectivity index (χ0) is 27.1. The minimum Gasteiger partial charge on any atom is -0.490 e. The van der Waals surface area contributed by atoms with E-state index < -0.39 is 17.7 Å². The van der Waals surface area contributed by atoms with Gasteiger partial charge in [-0.05, 0) is 49.9 Å². The molecule has 2 N–H and O–H groups in total. The Morgan fingerprint density at radius 3 is 2.66 bits per heavy atom. The predicted octanol–water partition coefficient (Wildman–Crippen LogP) is 4.85. The number of likely N-dealkylation sites (N-methyl/N-ethyl adjacent to an activating group) is 1. The van der Waals surface area contributed by atoms with Gasteiger partial charge in [0.2, 0.25) is 5.95 Å². The predicted molar refractivity (Wildman–Crippen MR) is 141 cm³/mol. The van der Waals surface area contributed by atoms with Gasteiger partial charge in [-0.15, -0.1) is 0 Å². The molecule has 2 heterocycles. The number of carbonyl (C=O) groups is 1. The number of ether oxygens (including phenoxy) is 1. The molecule has 12 heteroatoms. The Kier molecular flexibility index (Phi) is 9.27. The Labute approximate surface area is 224 Å². The second-order valence-corrected chi connectivity index (χ2v) is 9.40. The van der Waals surface area contributed by atoms with E-state index in [1.807, 2.05) is 0 Å². The molecule has 0 atom stereocenters. The van der Waals surface area contributed by atoms with E-state index in [1.165, 1.54) is 42.6 Å². The molecule has 0 bridgehead atoms. The van der Waals surface area contributed by atoms with Gasteiger partial charge in [0.1, 0.15) is 11.6 Å². The quantitative estimate of drug-likeness (QED) is 0.348. The van der Waals surface area contributed by atoms with Gasteiger partial charge in [0.15, 0.2) is 11.6 Å². The lowest BCUT2D eigenvalue weighted by Gasteiger charge is -2.32. The van der Waals surface area contributed by atoms with Crippen LogP contribution in [-0.2, 0) is 6.54 Å². The highest BCUT2D eigenvalue weighted by Gasteiger charge is 2.19. The van der Waals surface area contributed by atoms with Crippen molar-refractivity contribution < 1.29 is 23.4 Å². The molecule has 0 aliphatic carbocycles. The smallest absolute Gasteiger partial charge is 0.413 e. The zero-order valence-corrected chi connectivity index (χ0v) is 21.7. The Balaban J connectivity index is 1.36. The molecular formula is C26H29ClF2N6O3. The number of anilines is 3. The van der Waals surface area contributed by atoms with E-state index >= 15 is 0 Å². The van der Waals surface area contributed by atoms with Crippen molar-refractivity contribution >= 4 is 35.1 Å². The second kappa shape index (κ2) is 12.8. The number of hydrogen-bond acceptors (Lipinski definition) is 7. The van der Waals surface area contributed by atoms with Crippen molar-refractivity contribution in [2.24, 2.45) is 0 Å². The molecule has 2 aromatic carbocycles. The molecule has 4 rings (SSSR count). The molecule has 0 spiro atoms. The first-order valence-electron chi connectivity index (χ1n) is 12.2. The number of halogens is 3. The second-order valence-electron chi connectivity index (χ2n) is 8.96. The van der Waals surface area contributed by atoms with E-state index in [-0.39, 0.29) is 34.6 Å². The third-order valence-corrected chi connectivity index (χ3v) is 6.38. The molecule has 0 saturated carbocycles. The van der Waals surface area contributed by atoms with Crippen LogP contribution in [0.25, 0.3) is 0 Å². The molecule has 202 valence electrons. The zero-order valence-electron chi connectivity index (χ0n) is 20.9. The molecule has 0 unspecified atom stereocenters. The summed E-state index contributed by atoms with van der Waals surface area (Å²) < 4.78 is 34.4. The number of amides is 1. The van der Waals surface area contributed by atoms with Crippen LogP contribution in [0, 0.1) is 11.6 Å². The van der Waals surface area contributed by atoms with Crippen molar-refractivity contribution in [3.8, 4) is 5.75 Å². The van der Waals surface area contributed by atoms with E-state index in [0.29, 0.717) is 12.3 Å². The lowest BCUT2D eigenvalue weighted by Crippen LogP contribution is -2.44. The van der Waals surface area contributed by atoms with E-state index in [9.17, 15) is 18.7 Å². The summed E-state index contributed by atoms with van der Waals surface area (Å²) in [4.78, 5) is 25.7. The molecule has 38 heavy (non-hydrogen) atoms. The number of hydrogen-bond donors (Lipinski definition) is 2. The Morgan fingerprint density at radius 2 is 1.92 bits per heavy atom. The fourth-order valence-corrected chi connectivity index (χ4v) is 4.20. The molecular weight excluding hydrogens is 518 g/mol. The van der Waals surface area contributed by atoms with Gasteiger partial charge in [0, 0.05) is 61.3 Å². The van der Waals surface area contributed by atoms with Crippen LogP contribution in [0.1, 0.15) is 12.0 Å². The van der Waals surface area contributed by atoms with Crippen molar-refractivity contribution in [3.63, 3.8) is 0 Å². The average Bonchev–Trinajstić information content (AvgIpc) is 2.89. The standard InChI is InChI=1S/C26H29ClF2N6O3/c1-33-10-12-34(13-11-33)9-2-14-38-23-6-4-20(16-22(23)29)31-25-30-8-7-24(32-25)35(26(36)37)17-18-15-19(27)3-5-21(18)28/h3-8,15-16H,2,9-14,17H2,1H3,(H,36,37)(H,30,31,32). The lowest BCUT2D eigenvalue weighted by molar-refractivity contribution is 0.145. The minimum atomic E-state index is -1.34. The van der Waals surface area contributed by atoms with Gasteiger partial charge in [-0.25, -0.2) is 18.6 Å². The van der Waals surface area contributed by atoms with Crippen LogP contribution in [0.2, 0.25) is 5.02 Å². The monoisotopic (exact) mass is 546 g/mol. The van der Waals surface area contributed by atoms with Crippen LogP contribution in [0.4, 0.5) is 31.0 Å². The number of nitrogens with one attached hydrogen (secondary N) is 1. The first kappa shape index (κ1) is 27.5. The summed E-state index contributed by atoms with van der Waals surface area (Å²) in [6.07, 6.45) is 0.806. The van der Waals surface area contributed by atoms with E-state index in [2.05, 4.69) is 32.1 Å². The van der Waals surface area contributed by atoms with E-state index in [0.717, 1.165) is 44.0 Å². The van der Waals surface area contributed by atoms with Gasteiger partial charge in [-0.3, -0.25) is 4.90 Å². The fraction of sp³-hybridized carbons (Fsp3) is 0.346. The maximum Gasteiger partial charge on any atom is 0.413 e. The van der Waals surface area contributed by atoms with Crippen LogP contribution < -0.4 is 15.0 Å². The number of aromatic nitrogens is 2.